The summed E-state index contributed by atoms with van der Waals surface area (Å²) >= 11 is 6.05. The van der Waals surface area contributed by atoms with Crippen molar-refractivity contribution in [1.82, 2.24) is 9.47 Å². The quantitative estimate of drug-likeness (QED) is 0.652. The molecule has 3 aromatic rings. The number of aliphatic hydroxyl groups excluding tert-OH is 1. The third-order valence-electron chi connectivity index (χ3n) is 6.79. The Bertz CT molecular complexity index is 1140. The molecule has 1 saturated heterocycles. The number of aliphatic hydroxyl groups is 1. The summed E-state index contributed by atoms with van der Waals surface area (Å²) in [6.07, 6.45) is 0.893. The van der Waals surface area contributed by atoms with Crippen LogP contribution >= 0.6 is 11.6 Å². The van der Waals surface area contributed by atoms with E-state index in [0.29, 0.717) is 29.0 Å². The largest absolute Gasteiger partial charge is 0.487 e. The summed E-state index contributed by atoms with van der Waals surface area (Å²) in [7, 11) is 0. The summed E-state index contributed by atoms with van der Waals surface area (Å²) in [6, 6.07) is 13.1. The zero-order valence-corrected chi connectivity index (χ0v) is 18.3. The Kier molecular flexibility index (Phi) is 5.54. The summed E-state index contributed by atoms with van der Waals surface area (Å²) in [6.45, 7) is 5.26. The molecule has 1 aliphatic heterocycles. The predicted molar refractivity (Wildman–Crippen MR) is 120 cm³/mol. The number of hydrogen-bond acceptors (Lipinski definition) is 5. The molecule has 0 unspecified atom stereocenters. The molecule has 0 spiro atoms. The van der Waals surface area contributed by atoms with Crippen molar-refractivity contribution in [1.29, 1.82) is 0 Å². The van der Waals surface area contributed by atoms with Crippen LogP contribution < -0.4 is 10.5 Å². The van der Waals surface area contributed by atoms with Crippen LogP contribution in [0.3, 0.4) is 0 Å². The third-order valence-corrected chi connectivity index (χ3v) is 7.02. The number of halogens is 1. The molecule has 4 atom stereocenters. The lowest BCUT2D eigenvalue weighted by molar-refractivity contribution is -0.0234. The van der Waals surface area contributed by atoms with Crippen molar-refractivity contribution in [2.24, 2.45) is 11.8 Å². The minimum atomic E-state index is -0.475. The van der Waals surface area contributed by atoms with Crippen LogP contribution in [0.25, 0.3) is 11.1 Å². The second kappa shape index (κ2) is 8.34. The Labute approximate surface area is 186 Å². The molecular formula is C24H27ClN2O4. The number of likely N-dealkylation sites (tertiary alicyclic amines) is 1. The van der Waals surface area contributed by atoms with Crippen LogP contribution in [0, 0.1) is 18.8 Å². The van der Waals surface area contributed by atoms with E-state index in [2.05, 4.69) is 4.90 Å². The van der Waals surface area contributed by atoms with Gasteiger partial charge in [-0.15, -0.1) is 0 Å². The normalized spacial score (nSPS) is 26.3. The Balaban J connectivity index is 1.22. The maximum Gasteiger partial charge on any atom is 0.419 e. The fourth-order valence-corrected chi connectivity index (χ4v) is 5.40. The zero-order chi connectivity index (χ0) is 21.5. The molecule has 0 amide bonds. The van der Waals surface area contributed by atoms with Crippen LogP contribution in [-0.4, -0.2) is 46.4 Å². The summed E-state index contributed by atoms with van der Waals surface area (Å²) in [5.41, 5.74) is 2.45. The Morgan fingerprint density at radius 2 is 1.90 bits per heavy atom. The van der Waals surface area contributed by atoms with Gasteiger partial charge in [0.2, 0.25) is 0 Å². The first-order chi connectivity index (χ1) is 15.0. The maximum atomic E-state index is 12.2. The van der Waals surface area contributed by atoms with E-state index in [1.54, 1.807) is 4.57 Å². The van der Waals surface area contributed by atoms with Gasteiger partial charge in [0, 0.05) is 31.2 Å². The molecule has 2 fully saturated rings. The van der Waals surface area contributed by atoms with Crippen molar-refractivity contribution in [2.45, 2.75) is 38.5 Å². The lowest BCUT2D eigenvalue weighted by Crippen LogP contribution is -2.42. The third kappa shape index (κ3) is 4.12. The number of hydrogen-bond donors (Lipinski definition) is 1. The van der Waals surface area contributed by atoms with E-state index in [-0.39, 0.29) is 11.9 Å². The molecule has 5 rings (SSSR count). The number of para-hydroxylation sites is 2. The average Bonchev–Trinajstić information content (AvgIpc) is 3.27. The molecule has 1 saturated carbocycles. The van der Waals surface area contributed by atoms with Gasteiger partial charge in [0.05, 0.1) is 11.6 Å². The van der Waals surface area contributed by atoms with Crippen molar-refractivity contribution < 1.29 is 14.3 Å². The number of benzene rings is 2. The van der Waals surface area contributed by atoms with E-state index in [9.17, 15) is 9.90 Å². The molecule has 0 radical (unpaired) electrons. The van der Waals surface area contributed by atoms with E-state index in [4.69, 9.17) is 20.8 Å². The van der Waals surface area contributed by atoms with Gasteiger partial charge >= 0.3 is 5.76 Å². The Morgan fingerprint density at radius 3 is 2.71 bits per heavy atom. The number of rotatable bonds is 5. The van der Waals surface area contributed by atoms with Gasteiger partial charge in [-0.25, -0.2) is 4.79 Å². The molecular weight excluding hydrogens is 416 g/mol. The average molecular weight is 443 g/mol. The monoisotopic (exact) mass is 442 g/mol. The Hall–Kier alpha value is -2.28. The minimum Gasteiger partial charge on any atom is -0.487 e. The number of aryl methyl sites for hydroxylation is 1. The van der Waals surface area contributed by atoms with Crippen molar-refractivity contribution in [3.8, 4) is 5.75 Å². The minimum absolute atomic E-state index is 0.207. The summed E-state index contributed by atoms with van der Waals surface area (Å²) < 4.78 is 13.2. The van der Waals surface area contributed by atoms with E-state index < -0.39 is 6.10 Å². The van der Waals surface area contributed by atoms with Crippen molar-refractivity contribution in [3.05, 3.63) is 63.6 Å². The van der Waals surface area contributed by atoms with Crippen LogP contribution in [0.2, 0.25) is 5.02 Å². The van der Waals surface area contributed by atoms with Crippen molar-refractivity contribution in [2.75, 3.05) is 19.6 Å². The fourth-order valence-electron chi connectivity index (χ4n) is 5.17. The topological polar surface area (TPSA) is 67.8 Å². The molecule has 1 N–H and O–H groups in total. The van der Waals surface area contributed by atoms with E-state index in [1.807, 2.05) is 49.4 Å². The van der Waals surface area contributed by atoms with Gasteiger partial charge in [-0.1, -0.05) is 23.7 Å². The van der Waals surface area contributed by atoms with Gasteiger partial charge in [0.25, 0.3) is 0 Å². The highest BCUT2D eigenvalue weighted by Crippen LogP contribution is 2.38. The number of oxazole rings is 1. The van der Waals surface area contributed by atoms with Crippen molar-refractivity contribution >= 4 is 22.7 Å². The zero-order valence-electron chi connectivity index (χ0n) is 17.5. The first-order valence-corrected chi connectivity index (χ1v) is 11.3. The maximum absolute atomic E-state index is 12.2. The predicted octanol–water partition coefficient (Wildman–Crippen LogP) is 3.71. The van der Waals surface area contributed by atoms with Gasteiger partial charge < -0.3 is 19.2 Å². The lowest BCUT2D eigenvalue weighted by Gasteiger charge is -2.35. The molecule has 2 aromatic carbocycles. The first-order valence-electron chi connectivity index (χ1n) is 10.9. The first kappa shape index (κ1) is 20.6. The summed E-state index contributed by atoms with van der Waals surface area (Å²) in [5, 5.41) is 11.4. The SMILES string of the molecule is Cc1cc(Cl)ccc1O[C@@H]1C[C@@H]2CN(CCn3c(=O)oc4ccccc43)C[C@@H]2C[C@H]1O. The second-order valence-electron chi connectivity index (χ2n) is 8.87. The molecule has 1 aromatic heterocycles. The van der Waals surface area contributed by atoms with Crippen LogP contribution in [0.4, 0.5) is 0 Å². The summed E-state index contributed by atoms with van der Waals surface area (Å²) in [5.74, 6) is 1.42. The van der Waals surface area contributed by atoms with Crippen LogP contribution in [-0.2, 0) is 6.54 Å². The second-order valence-corrected chi connectivity index (χ2v) is 9.31. The van der Waals surface area contributed by atoms with E-state index in [1.165, 1.54) is 0 Å². The molecule has 7 heteroatoms. The van der Waals surface area contributed by atoms with Crippen LogP contribution in [0.1, 0.15) is 18.4 Å². The highest BCUT2D eigenvalue weighted by Gasteiger charge is 2.42. The standard InChI is InChI=1S/C24H27ClN2O4/c1-15-10-18(25)6-7-21(15)30-23-12-17-14-26(13-16(17)11-20(23)28)8-9-27-19-4-2-3-5-22(19)31-24(27)29/h2-7,10,16-17,20,23,28H,8-9,11-14H2,1H3/t16-,17+,20+,23+/m0/s1. The number of nitrogens with zero attached hydrogens (tertiary/aromatic N) is 2. The number of fused-ring (bicyclic) bond motifs is 2. The van der Waals surface area contributed by atoms with Crippen LogP contribution in [0.15, 0.2) is 51.7 Å². The van der Waals surface area contributed by atoms with Crippen LogP contribution in [0.5, 0.6) is 5.75 Å². The van der Waals surface area contributed by atoms with Crippen molar-refractivity contribution in [3.63, 3.8) is 0 Å². The van der Waals surface area contributed by atoms with Gasteiger partial charge in [0.1, 0.15) is 11.9 Å². The number of ether oxygens (including phenoxy) is 1. The Morgan fingerprint density at radius 1 is 1.13 bits per heavy atom. The molecule has 2 aliphatic rings. The van der Waals surface area contributed by atoms with Gasteiger partial charge in [0.15, 0.2) is 5.58 Å². The van der Waals surface area contributed by atoms with E-state index in [0.717, 1.165) is 49.3 Å². The van der Waals surface area contributed by atoms with Gasteiger partial charge in [-0.05, 0) is 67.5 Å². The van der Waals surface area contributed by atoms with Gasteiger partial charge in [-0.3, -0.25) is 4.57 Å². The summed E-state index contributed by atoms with van der Waals surface area (Å²) in [4.78, 5) is 14.6. The molecule has 2 heterocycles. The molecule has 164 valence electrons. The molecule has 31 heavy (non-hydrogen) atoms. The molecule has 6 nitrogen and oxygen atoms in total. The molecule has 1 aliphatic carbocycles. The highest BCUT2D eigenvalue weighted by molar-refractivity contribution is 6.30. The van der Waals surface area contributed by atoms with E-state index >= 15 is 0 Å². The highest BCUT2D eigenvalue weighted by atomic mass is 35.5. The lowest BCUT2D eigenvalue weighted by atomic mass is 9.78. The fraction of sp³-hybridized carbons (Fsp3) is 0.458. The number of aromatic nitrogens is 1. The van der Waals surface area contributed by atoms with Gasteiger partial charge in [-0.2, -0.15) is 0 Å². The smallest absolute Gasteiger partial charge is 0.419 e. The molecule has 0 bridgehead atoms.